The monoisotopic (exact) mass is 567 g/mol. The standard InChI is InChI=1S/C16H28F3N7O2S.HI/c1-20-15(21-10-14(24(2)3)12-9-22-25(4)11-12)23-13-5-7-26(8-6-13)29(27,28)16(17,18)19;/h9,11,13-14H,5-8,10H2,1-4H3,(H2,20,21,23);1H. The van der Waals surface area contributed by atoms with Gasteiger partial charge < -0.3 is 15.5 Å². The fraction of sp³-hybridized carbons (Fsp3) is 0.750. The van der Waals surface area contributed by atoms with E-state index in [1.54, 1.807) is 17.9 Å². The normalized spacial score (nSPS) is 18.2. The van der Waals surface area contributed by atoms with Crippen molar-refractivity contribution in [3.05, 3.63) is 18.0 Å². The van der Waals surface area contributed by atoms with Gasteiger partial charge >= 0.3 is 15.5 Å². The van der Waals surface area contributed by atoms with Crippen LogP contribution < -0.4 is 10.6 Å². The number of piperidine rings is 1. The molecule has 1 aromatic rings. The Morgan fingerprint density at radius 1 is 1.37 bits per heavy atom. The first kappa shape index (κ1) is 26.9. The summed E-state index contributed by atoms with van der Waals surface area (Å²) in [5.41, 5.74) is -4.23. The maximum Gasteiger partial charge on any atom is 0.511 e. The van der Waals surface area contributed by atoms with Crippen LogP contribution in [0.15, 0.2) is 17.4 Å². The summed E-state index contributed by atoms with van der Waals surface area (Å²) >= 11 is 0. The summed E-state index contributed by atoms with van der Waals surface area (Å²) < 4.78 is 63.3. The Morgan fingerprint density at radius 2 is 1.97 bits per heavy atom. The van der Waals surface area contributed by atoms with Crippen molar-refractivity contribution in [2.75, 3.05) is 40.8 Å². The minimum absolute atomic E-state index is 0. The molecule has 0 radical (unpaired) electrons. The SMILES string of the molecule is CN=C(NCC(c1cnn(C)c1)N(C)C)NC1CCN(S(=O)(=O)C(F)(F)F)CC1.I. The number of aromatic nitrogens is 2. The minimum Gasteiger partial charge on any atom is -0.354 e. The maximum absolute atomic E-state index is 12.7. The van der Waals surface area contributed by atoms with Crippen molar-refractivity contribution in [3.63, 3.8) is 0 Å². The molecule has 174 valence electrons. The number of likely N-dealkylation sites (N-methyl/N-ethyl adjacent to an activating group) is 1. The molecule has 0 aromatic carbocycles. The molecule has 30 heavy (non-hydrogen) atoms. The minimum atomic E-state index is -5.27. The Kier molecular flexibility index (Phi) is 9.82. The van der Waals surface area contributed by atoms with Crippen molar-refractivity contribution in [2.24, 2.45) is 12.0 Å². The first-order chi connectivity index (χ1) is 13.5. The van der Waals surface area contributed by atoms with Crippen LogP contribution in [0.1, 0.15) is 24.4 Å². The zero-order valence-corrected chi connectivity index (χ0v) is 20.5. The molecule has 14 heteroatoms. The van der Waals surface area contributed by atoms with Crippen LogP contribution in [0, 0.1) is 0 Å². The fourth-order valence-corrected chi connectivity index (χ4v) is 4.16. The number of aliphatic imine (C=N–C) groups is 1. The highest BCUT2D eigenvalue weighted by molar-refractivity contribution is 14.0. The van der Waals surface area contributed by atoms with Crippen LogP contribution in [-0.4, -0.2) is 85.7 Å². The quantitative estimate of drug-likeness (QED) is 0.304. The first-order valence-corrected chi connectivity index (χ1v) is 10.6. The molecule has 1 unspecified atom stereocenters. The van der Waals surface area contributed by atoms with Gasteiger partial charge in [0.15, 0.2) is 5.96 Å². The fourth-order valence-electron chi connectivity index (χ4n) is 3.18. The predicted octanol–water partition coefficient (Wildman–Crippen LogP) is 1.12. The third-order valence-corrected chi connectivity index (χ3v) is 6.48. The van der Waals surface area contributed by atoms with E-state index in [1.807, 2.05) is 32.2 Å². The molecule has 0 saturated carbocycles. The Labute approximate surface area is 192 Å². The van der Waals surface area contributed by atoms with E-state index in [4.69, 9.17) is 0 Å². The summed E-state index contributed by atoms with van der Waals surface area (Å²) in [5.74, 6) is 0.512. The van der Waals surface area contributed by atoms with Gasteiger partial charge in [-0.3, -0.25) is 9.67 Å². The number of aryl methyl sites for hydroxylation is 1. The van der Waals surface area contributed by atoms with Gasteiger partial charge in [-0.1, -0.05) is 0 Å². The van der Waals surface area contributed by atoms with Crippen LogP contribution >= 0.6 is 24.0 Å². The molecule has 2 rings (SSSR count). The van der Waals surface area contributed by atoms with Gasteiger partial charge in [-0.2, -0.15) is 22.6 Å². The number of rotatable bonds is 6. The van der Waals surface area contributed by atoms with Crippen LogP contribution in [0.4, 0.5) is 13.2 Å². The Balaban J connectivity index is 0.00000450. The topological polar surface area (TPSA) is 94.9 Å². The van der Waals surface area contributed by atoms with E-state index in [2.05, 4.69) is 20.7 Å². The summed E-state index contributed by atoms with van der Waals surface area (Å²) in [7, 11) is 2.08. The summed E-state index contributed by atoms with van der Waals surface area (Å²) in [6.45, 7) is 0.165. The number of guanidine groups is 1. The highest BCUT2D eigenvalue weighted by Crippen LogP contribution is 2.29. The van der Waals surface area contributed by atoms with Crippen molar-refractivity contribution >= 4 is 40.0 Å². The molecule has 1 aliphatic heterocycles. The van der Waals surface area contributed by atoms with Crippen molar-refractivity contribution in [2.45, 2.75) is 30.4 Å². The summed E-state index contributed by atoms with van der Waals surface area (Å²) in [6.07, 6.45) is 4.24. The zero-order chi connectivity index (χ0) is 21.8. The van der Waals surface area contributed by atoms with E-state index < -0.39 is 15.5 Å². The lowest BCUT2D eigenvalue weighted by Crippen LogP contribution is -2.52. The summed E-state index contributed by atoms with van der Waals surface area (Å²) in [6, 6.07) is -0.127. The molecule has 9 nitrogen and oxygen atoms in total. The molecule has 1 aromatic heterocycles. The lowest BCUT2D eigenvalue weighted by molar-refractivity contribution is -0.0494. The molecule has 1 saturated heterocycles. The lowest BCUT2D eigenvalue weighted by atomic mass is 10.1. The van der Waals surface area contributed by atoms with E-state index in [-0.39, 0.29) is 62.0 Å². The van der Waals surface area contributed by atoms with Crippen molar-refractivity contribution in [3.8, 4) is 0 Å². The Bertz CT molecular complexity index is 806. The number of halogens is 4. The van der Waals surface area contributed by atoms with Gasteiger partial charge in [-0.05, 0) is 26.9 Å². The molecule has 0 bridgehead atoms. The number of hydrogen-bond donors (Lipinski definition) is 2. The van der Waals surface area contributed by atoms with Crippen LogP contribution in [0.5, 0.6) is 0 Å². The first-order valence-electron chi connectivity index (χ1n) is 9.14. The van der Waals surface area contributed by atoms with Crippen molar-refractivity contribution < 1.29 is 21.6 Å². The number of sulfonamides is 1. The molecule has 1 aliphatic rings. The van der Waals surface area contributed by atoms with Gasteiger partial charge in [0.25, 0.3) is 0 Å². The molecule has 2 N–H and O–H groups in total. The highest BCUT2D eigenvalue weighted by atomic mass is 127. The molecule has 0 aliphatic carbocycles. The van der Waals surface area contributed by atoms with Gasteiger partial charge in [-0.25, -0.2) is 8.42 Å². The van der Waals surface area contributed by atoms with Gasteiger partial charge in [0.05, 0.1) is 12.2 Å². The predicted molar refractivity (Wildman–Crippen MR) is 119 cm³/mol. The van der Waals surface area contributed by atoms with E-state index in [9.17, 15) is 21.6 Å². The smallest absolute Gasteiger partial charge is 0.354 e. The van der Waals surface area contributed by atoms with E-state index in [0.29, 0.717) is 16.8 Å². The maximum atomic E-state index is 12.7. The van der Waals surface area contributed by atoms with Gasteiger partial charge in [0.1, 0.15) is 0 Å². The number of nitrogens with zero attached hydrogens (tertiary/aromatic N) is 5. The number of alkyl halides is 3. The second-order valence-corrected chi connectivity index (χ2v) is 9.08. The van der Waals surface area contributed by atoms with Crippen molar-refractivity contribution in [1.29, 1.82) is 0 Å². The largest absolute Gasteiger partial charge is 0.511 e. The third-order valence-electron chi connectivity index (χ3n) is 4.85. The average molecular weight is 567 g/mol. The molecule has 1 atom stereocenters. The van der Waals surface area contributed by atoms with Gasteiger partial charge in [-0.15, -0.1) is 24.0 Å². The number of nitrogens with one attached hydrogen (secondary N) is 2. The Morgan fingerprint density at radius 3 is 2.40 bits per heavy atom. The second-order valence-electron chi connectivity index (χ2n) is 7.15. The van der Waals surface area contributed by atoms with Crippen LogP contribution in [0.3, 0.4) is 0 Å². The average Bonchev–Trinajstić information content (AvgIpc) is 3.06. The van der Waals surface area contributed by atoms with Crippen LogP contribution in [0.25, 0.3) is 0 Å². The molecule has 0 spiro atoms. The van der Waals surface area contributed by atoms with Gasteiger partial charge in [0.2, 0.25) is 0 Å². The van der Waals surface area contributed by atoms with E-state index >= 15 is 0 Å². The van der Waals surface area contributed by atoms with Crippen LogP contribution in [-0.2, 0) is 17.1 Å². The highest BCUT2D eigenvalue weighted by Gasteiger charge is 2.50. The molecule has 0 amide bonds. The second kappa shape index (κ2) is 10.9. The Hall–Kier alpha value is -1.13. The van der Waals surface area contributed by atoms with E-state index in [0.717, 1.165) is 5.56 Å². The number of hydrogen-bond acceptors (Lipinski definition) is 5. The molecule has 1 fully saturated rings. The third kappa shape index (κ3) is 6.68. The van der Waals surface area contributed by atoms with Crippen LogP contribution in [0.2, 0.25) is 0 Å². The van der Waals surface area contributed by atoms with Crippen molar-refractivity contribution in [1.82, 2.24) is 29.6 Å². The van der Waals surface area contributed by atoms with Gasteiger partial charge in [0, 0.05) is 51.5 Å². The lowest BCUT2D eigenvalue weighted by Gasteiger charge is -2.33. The molecular weight excluding hydrogens is 538 g/mol. The summed E-state index contributed by atoms with van der Waals surface area (Å²) in [5, 5.41) is 10.6. The molecular formula is C16H29F3IN7O2S. The molecule has 2 heterocycles. The zero-order valence-electron chi connectivity index (χ0n) is 17.3. The van der Waals surface area contributed by atoms with E-state index in [1.165, 1.54) is 0 Å². The summed E-state index contributed by atoms with van der Waals surface area (Å²) in [4.78, 5) is 6.20.